The lowest BCUT2D eigenvalue weighted by molar-refractivity contribution is 0.612. The second-order valence-electron chi connectivity index (χ2n) is 3.95. The Labute approximate surface area is 89.7 Å². The van der Waals surface area contributed by atoms with Crippen LogP contribution in [0, 0.1) is 6.92 Å². The molecule has 0 atom stereocenters. The van der Waals surface area contributed by atoms with Crippen LogP contribution in [0.25, 0.3) is 0 Å². The quantitative estimate of drug-likeness (QED) is 0.727. The maximum absolute atomic E-state index is 2.34. The molecule has 1 aromatic heterocycles. The predicted octanol–water partition coefficient (Wildman–Crippen LogP) is 4.09. The highest BCUT2D eigenvalue weighted by Gasteiger charge is 2.23. The second-order valence-corrected chi connectivity index (χ2v) is 6.14. The second kappa shape index (κ2) is 4.52. The van der Waals surface area contributed by atoms with E-state index in [1.54, 1.807) is 4.88 Å². The van der Waals surface area contributed by atoms with Gasteiger partial charge in [0.05, 0.1) is 0 Å². The van der Waals surface area contributed by atoms with Crippen LogP contribution in [-0.2, 0) is 5.41 Å². The lowest BCUT2D eigenvalue weighted by Crippen LogP contribution is -2.20. The SMILES string of the molecule is CCSCC(C)(C)c1sccc1C. The van der Waals surface area contributed by atoms with Crippen molar-refractivity contribution in [1.29, 1.82) is 0 Å². The highest BCUT2D eigenvalue weighted by Crippen LogP contribution is 2.33. The Hall–Kier alpha value is 0.0500. The van der Waals surface area contributed by atoms with E-state index in [2.05, 4.69) is 39.1 Å². The zero-order valence-corrected chi connectivity index (χ0v) is 10.5. The zero-order chi connectivity index (χ0) is 9.90. The van der Waals surface area contributed by atoms with Gasteiger partial charge >= 0.3 is 0 Å². The van der Waals surface area contributed by atoms with E-state index in [-0.39, 0.29) is 0 Å². The molecular weight excluding hydrogens is 196 g/mol. The molecule has 0 aliphatic rings. The first-order chi connectivity index (χ1) is 6.08. The predicted molar refractivity (Wildman–Crippen MR) is 65.1 cm³/mol. The summed E-state index contributed by atoms with van der Waals surface area (Å²) < 4.78 is 0. The van der Waals surface area contributed by atoms with Crippen LogP contribution in [0.5, 0.6) is 0 Å². The van der Waals surface area contributed by atoms with Crippen molar-refractivity contribution >= 4 is 23.1 Å². The number of thiophene rings is 1. The van der Waals surface area contributed by atoms with Gasteiger partial charge in [-0.15, -0.1) is 11.3 Å². The molecule has 0 aliphatic heterocycles. The van der Waals surface area contributed by atoms with Gasteiger partial charge in [-0.1, -0.05) is 20.8 Å². The molecule has 13 heavy (non-hydrogen) atoms. The summed E-state index contributed by atoms with van der Waals surface area (Å²) in [5.74, 6) is 2.44. The van der Waals surface area contributed by atoms with Gasteiger partial charge in [0.25, 0.3) is 0 Å². The molecule has 0 aliphatic carbocycles. The van der Waals surface area contributed by atoms with Gasteiger partial charge in [-0.2, -0.15) is 11.8 Å². The fourth-order valence-corrected chi connectivity index (χ4v) is 3.49. The van der Waals surface area contributed by atoms with E-state index in [1.165, 1.54) is 17.1 Å². The molecule has 1 rings (SSSR count). The summed E-state index contributed by atoms with van der Waals surface area (Å²) >= 11 is 3.92. The first kappa shape index (κ1) is 11.1. The van der Waals surface area contributed by atoms with Gasteiger partial charge in [-0.25, -0.2) is 0 Å². The third kappa shape index (κ3) is 2.75. The summed E-state index contributed by atoms with van der Waals surface area (Å²) in [5, 5.41) is 2.20. The summed E-state index contributed by atoms with van der Waals surface area (Å²) in [4.78, 5) is 1.55. The van der Waals surface area contributed by atoms with Crippen molar-refractivity contribution in [2.45, 2.75) is 33.1 Å². The summed E-state index contributed by atoms with van der Waals surface area (Å²) in [7, 11) is 0. The average molecular weight is 214 g/mol. The minimum Gasteiger partial charge on any atom is -0.161 e. The lowest BCUT2D eigenvalue weighted by Gasteiger charge is -2.23. The molecule has 1 aromatic rings. The summed E-state index contributed by atoms with van der Waals surface area (Å²) in [6, 6.07) is 2.22. The van der Waals surface area contributed by atoms with Crippen LogP contribution in [-0.4, -0.2) is 11.5 Å². The Morgan fingerprint density at radius 2 is 2.15 bits per heavy atom. The van der Waals surface area contributed by atoms with Crippen molar-refractivity contribution in [2.24, 2.45) is 0 Å². The number of thioether (sulfide) groups is 1. The fourth-order valence-electron chi connectivity index (χ4n) is 1.49. The van der Waals surface area contributed by atoms with Crippen molar-refractivity contribution in [3.8, 4) is 0 Å². The normalized spacial score (nSPS) is 12.0. The molecule has 1 heterocycles. The van der Waals surface area contributed by atoms with E-state index in [4.69, 9.17) is 0 Å². The Kier molecular flexibility index (Phi) is 3.87. The van der Waals surface area contributed by atoms with E-state index in [0.717, 1.165) is 0 Å². The largest absolute Gasteiger partial charge is 0.161 e. The van der Waals surface area contributed by atoms with E-state index in [0.29, 0.717) is 5.41 Å². The number of aryl methyl sites for hydroxylation is 1. The molecule has 0 unspecified atom stereocenters. The minimum absolute atomic E-state index is 0.346. The fraction of sp³-hybridized carbons (Fsp3) is 0.636. The van der Waals surface area contributed by atoms with Crippen molar-refractivity contribution < 1.29 is 0 Å². The van der Waals surface area contributed by atoms with Crippen molar-refractivity contribution in [1.82, 2.24) is 0 Å². The monoisotopic (exact) mass is 214 g/mol. The van der Waals surface area contributed by atoms with Gasteiger partial charge in [-0.05, 0) is 29.7 Å². The van der Waals surface area contributed by atoms with Gasteiger partial charge in [-0.3, -0.25) is 0 Å². The van der Waals surface area contributed by atoms with E-state index in [1.807, 2.05) is 23.1 Å². The highest BCUT2D eigenvalue weighted by atomic mass is 32.2. The molecular formula is C11H18S2. The molecule has 0 fully saturated rings. The smallest absolute Gasteiger partial charge is 0.0139 e. The molecule has 0 saturated heterocycles. The van der Waals surface area contributed by atoms with Gasteiger partial charge < -0.3 is 0 Å². The van der Waals surface area contributed by atoms with Crippen LogP contribution in [0.1, 0.15) is 31.2 Å². The lowest BCUT2D eigenvalue weighted by atomic mass is 9.92. The van der Waals surface area contributed by atoms with Crippen molar-refractivity contribution in [3.05, 3.63) is 21.9 Å². The van der Waals surface area contributed by atoms with Crippen LogP contribution in [0.3, 0.4) is 0 Å². The summed E-state index contributed by atoms with van der Waals surface area (Å²) in [6.07, 6.45) is 0. The van der Waals surface area contributed by atoms with Crippen molar-refractivity contribution in [3.63, 3.8) is 0 Å². The maximum Gasteiger partial charge on any atom is 0.0139 e. The van der Waals surface area contributed by atoms with Crippen LogP contribution < -0.4 is 0 Å². The Bertz CT molecular complexity index is 261. The number of hydrogen-bond acceptors (Lipinski definition) is 2. The topological polar surface area (TPSA) is 0 Å². The van der Waals surface area contributed by atoms with Crippen LogP contribution in [0.2, 0.25) is 0 Å². The molecule has 0 N–H and O–H groups in total. The van der Waals surface area contributed by atoms with Crippen molar-refractivity contribution in [2.75, 3.05) is 11.5 Å². The zero-order valence-electron chi connectivity index (χ0n) is 8.89. The minimum atomic E-state index is 0.346. The van der Waals surface area contributed by atoms with Crippen LogP contribution in [0.4, 0.5) is 0 Å². The molecule has 0 bridgehead atoms. The standard InChI is InChI=1S/C11H18S2/c1-5-12-8-11(3,4)10-9(2)6-7-13-10/h6-7H,5,8H2,1-4H3. The molecule has 0 nitrogen and oxygen atoms in total. The molecule has 2 heteroatoms. The average Bonchev–Trinajstić information content (AvgIpc) is 2.48. The Balaban J connectivity index is 2.74. The first-order valence-corrected chi connectivity index (χ1v) is 6.73. The van der Waals surface area contributed by atoms with Crippen LogP contribution >= 0.6 is 23.1 Å². The molecule has 0 radical (unpaired) electrons. The number of hydrogen-bond donors (Lipinski definition) is 0. The molecule has 0 amide bonds. The highest BCUT2D eigenvalue weighted by molar-refractivity contribution is 7.99. The van der Waals surface area contributed by atoms with Crippen LogP contribution in [0.15, 0.2) is 11.4 Å². The first-order valence-electron chi connectivity index (χ1n) is 4.70. The third-order valence-corrected chi connectivity index (χ3v) is 4.86. The molecule has 0 aromatic carbocycles. The van der Waals surface area contributed by atoms with Gasteiger partial charge in [0.1, 0.15) is 0 Å². The van der Waals surface area contributed by atoms with E-state index in [9.17, 15) is 0 Å². The van der Waals surface area contributed by atoms with Gasteiger partial charge in [0.2, 0.25) is 0 Å². The van der Waals surface area contributed by atoms with Gasteiger partial charge in [0.15, 0.2) is 0 Å². The Morgan fingerprint density at radius 3 is 2.62 bits per heavy atom. The summed E-state index contributed by atoms with van der Waals surface area (Å²) in [6.45, 7) is 9.12. The van der Waals surface area contributed by atoms with E-state index >= 15 is 0 Å². The molecule has 0 spiro atoms. The maximum atomic E-state index is 2.34. The summed E-state index contributed by atoms with van der Waals surface area (Å²) in [5.41, 5.74) is 1.80. The molecule has 0 saturated carbocycles. The number of rotatable bonds is 4. The Morgan fingerprint density at radius 1 is 1.46 bits per heavy atom. The molecule has 74 valence electrons. The van der Waals surface area contributed by atoms with Gasteiger partial charge in [0, 0.05) is 16.0 Å². The third-order valence-electron chi connectivity index (χ3n) is 2.14. The van der Waals surface area contributed by atoms with E-state index < -0.39 is 0 Å².